The first-order chi connectivity index (χ1) is 7.20. The first kappa shape index (κ1) is 12.4. The molecule has 2 nitrogen and oxygen atoms in total. The number of hydrogen-bond donors (Lipinski definition) is 1. The fraction of sp³-hybridized carbons (Fsp3) is 0.923. The molecule has 0 aliphatic heterocycles. The fourth-order valence-corrected chi connectivity index (χ4v) is 5.66. The molecule has 3 saturated carbocycles. The second-order valence-electron chi connectivity index (χ2n) is 6.50. The van der Waals surface area contributed by atoms with Gasteiger partial charge in [-0.05, 0) is 37.5 Å². The van der Waals surface area contributed by atoms with Crippen molar-refractivity contribution in [3.05, 3.63) is 0 Å². The molecular weight excluding hydrogens is 266 g/mol. The molecule has 0 saturated heterocycles. The maximum absolute atomic E-state index is 12.4. The fourth-order valence-electron chi connectivity index (χ4n) is 3.85. The van der Waals surface area contributed by atoms with Crippen molar-refractivity contribution in [1.29, 1.82) is 0 Å². The van der Waals surface area contributed by atoms with Crippen LogP contribution in [0.15, 0.2) is 0 Å². The number of carbonyl (C=O) groups excluding carboxylic acids is 1. The predicted molar refractivity (Wildman–Crippen MR) is 69.5 cm³/mol. The Bertz CT molecular complexity index is 339. The molecule has 3 unspecified atom stereocenters. The van der Waals surface area contributed by atoms with Gasteiger partial charge in [-0.1, -0.05) is 36.7 Å². The van der Waals surface area contributed by atoms with Crippen LogP contribution in [-0.4, -0.2) is 16.8 Å². The van der Waals surface area contributed by atoms with E-state index < -0.39 is 0 Å². The number of halogens is 1. The van der Waals surface area contributed by atoms with Crippen LogP contribution in [0.2, 0.25) is 0 Å². The summed E-state index contributed by atoms with van der Waals surface area (Å²) in [6, 6.07) is 0.227. The largest absolute Gasteiger partial charge is 0.353 e. The SMILES string of the molecule is CC(C)NC(=O)C12CCC(C)(C1Br)C2(C)C. The van der Waals surface area contributed by atoms with Crippen molar-refractivity contribution in [1.82, 2.24) is 5.32 Å². The van der Waals surface area contributed by atoms with Gasteiger partial charge in [-0.15, -0.1) is 0 Å². The van der Waals surface area contributed by atoms with Crippen molar-refractivity contribution < 1.29 is 4.79 Å². The number of amides is 1. The second kappa shape index (κ2) is 3.24. The Labute approximate surface area is 107 Å². The van der Waals surface area contributed by atoms with E-state index >= 15 is 0 Å². The van der Waals surface area contributed by atoms with E-state index in [-0.39, 0.29) is 28.2 Å². The molecule has 3 aliphatic carbocycles. The van der Waals surface area contributed by atoms with Gasteiger partial charge in [0, 0.05) is 10.9 Å². The lowest BCUT2D eigenvalue weighted by molar-refractivity contribution is -0.162. The van der Waals surface area contributed by atoms with Crippen LogP contribution >= 0.6 is 15.9 Å². The zero-order valence-electron chi connectivity index (χ0n) is 10.9. The van der Waals surface area contributed by atoms with E-state index in [9.17, 15) is 4.79 Å². The van der Waals surface area contributed by atoms with Gasteiger partial charge in [-0.25, -0.2) is 0 Å². The zero-order chi connectivity index (χ0) is 12.4. The Morgan fingerprint density at radius 2 is 1.88 bits per heavy atom. The lowest BCUT2D eigenvalue weighted by Gasteiger charge is -2.64. The Kier molecular flexibility index (Phi) is 2.52. The van der Waals surface area contributed by atoms with Crippen molar-refractivity contribution in [2.45, 2.75) is 58.3 Å². The summed E-state index contributed by atoms with van der Waals surface area (Å²) >= 11 is 3.77. The Morgan fingerprint density at radius 3 is 2.19 bits per heavy atom. The Balaban J connectivity index is 2.31. The summed E-state index contributed by atoms with van der Waals surface area (Å²) in [4.78, 5) is 12.8. The van der Waals surface area contributed by atoms with Crippen molar-refractivity contribution in [3.63, 3.8) is 0 Å². The summed E-state index contributed by atoms with van der Waals surface area (Å²) in [5.41, 5.74) is 0.195. The lowest BCUT2D eigenvalue weighted by Crippen LogP contribution is -2.69. The summed E-state index contributed by atoms with van der Waals surface area (Å²) in [5, 5.41) is 3.10. The zero-order valence-corrected chi connectivity index (χ0v) is 12.4. The Hall–Kier alpha value is -0.0500. The molecule has 0 aromatic heterocycles. The van der Waals surface area contributed by atoms with Gasteiger partial charge in [0.2, 0.25) is 5.91 Å². The second-order valence-corrected chi connectivity index (χ2v) is 7.42. The summed E-state index contributed by atoms with van der Waals surface area (Å²) in [5.74, 6) is 0.240. The number of fused-ring (bicyclic) bond motifs is 1. The number of rotatable bonds is 2. The highest BCUT2D eigenvalue weighted by Crippen LogP contribution is 2.79. The van der Waals surface area contributed by atoms with Crippen LogP contribution in [0, 0.1) is 16.2 Å². The van der Waals surface area contributed by atoms with Crippen molar-refractivity contribution in [3.8, 4) is 0 Å². The quantitative estimate of drug-likeness (QED) is 0.777. The molecule has 3 heteroatoms. The van der Waals surface area contributed by atoms with Crippen LogP contribution in [0.4, 0.5) is 0 Å². The van der Waals surface area contributed by atoms with Crippen LogP contribution in [0.3, 0.4) is 0 Å². The van der Waals surface area contributed by atoms with E-state index in [1.807, 2.05) is 13.8 Å². The molecule has 1 N–H and O–H groups in total. The maximum Gasteiger partial charge on any atom is 0.228 e. The van der Waals surface area contributed by atoms with E-state index in [1.54, 1.807) is 0 Å². The van der Waals surface area contributed by atoms with Gasteiger partial charge in [0.15, 0.2) is 0 Å². The third-order valence-corrected chi connectivity index (χ3v) is 7.19. The van der Waals surface area contributed by atoms with Crippen LogP contribution in [0.25, 0.3) is 0 Å². The topological polar surface area (TPSA) is 29.1 Å². The van der Waals surface area contributed by atoms with Crippen molar-refractivity contribution in [2.24, 2.45) is 16.2 Å². The average Bonchev–Trinajstić information content (AvgIpc) is 2.53. The minimum Gasteiger partial charge on any atom is -0.353 e. The summed E-state index contributed by atoms with van der Waals surface area (Å²) < 4.78 is 0. The third-order valence-electron chi connectivity index (χ3n) is 5.40. The van der Waals surface area contributed by atoms with E-state index in [1.165, 1.54) is 0 Å². The van der Waals surface area contributed by atoms with Gasteiger partial charge in [-0.3, -0.25) is 4.79 Å². The standard InChI is InChI=1S/C13H22BrNO/c1-8(2)15-10(16)13-7-6-12(5,9(13)14)11(13,3)4/h8-9H,6-7H2,1-5H3,(H,15,16). The highest BCUT2D eigenvalue weighted by Gasteiger charge is 2.79. The minimum absolute atomic E-state index is 0.104. The van der Waals surface area contributed by atoms with Gasteiger partial charge < -0.3 is 5.32 Å². The highest BCUT2D eigenvalue weighted by molar-refractivity contribution is 9.09. The molecular formula is C13H22BrNO. The molecule has 16 heavy (non-hydrogen) atoms. The summed E-state index contributed by atoms with van der Waals surface area (Å²) in [7, 11) is 0. The van der Waals surface area contributed by atoms with Gasteiger partial charge in [-0.2, -0.15) is 0 Å². The van der Waals surface area contributed by atoms with Gasteiger partial charge >= 0.3 is 0 Å². The van der Waals surface area contributed by atoms with E-state index in [4.69, 9.17) is 0 Å². The van der Waals surface area contributed by atoms with E-state index in [0.29, 0.717) is 4.83 Å². The summed E-state index contributed by atoms with van der Waals surface area (Å²) in [6.07, 6.45) is 2.17. The molecule has 3 atom stereocenters. The summed E-state index contributed by atoms with van der Waals surface area (Å²) in [6.45, 7) is 10.9. The highest BCUT2D eigenvalue weighted by atomic mass is 79.9. The molecule has 0 heterocycles. The van der Waals surface area contributed by atoms with Gasteiger partial charge in [0.05, 0.1) is 5.41 Å². The van der Waals surface area contributed by atoms with Crippen LogP contribution < -0.4 is 5.32 Å². The van der Waals surface area contributed by atoms with Crippen molar-refractivity contribution >= 4 is 21.8 Å². The molecule has 1 amide bonds. The smallest absolute Gasteiger partial charge is 0.228 e. The average molecular weight is 288 g/mol. The molecule has 3 rings (SSSR count). The molecule has 0 spiro atoms. The molecule has 3 aliphatic rings. The number of nitrogens with one attached hydrogen (secondary N) is 1. The lowest BCUT2D eigenvalue weighted by atomic mass is 9.43. The molecule has 3 fully saturated rings. The van der Waals surface area contributed by atoms with Gasteiger partial charge in [0.25, 0.3) is 0 Å². The molecule has 92 valence electrons. The normalized spacial score (nSPS) is 44.3. The van der Waals surface area contributed by atoms with Crippen LogP contribution in [0.1, 0.15) is 47.5 Å². The minimum atomic E-state index is -0.188. The Morgan fingerprint density at radius 1 is 1.31 bits per heavy atom. The molecule has 0 aromatic rings. The maximum atomic E-state index is 12.4. The van der Waals surface area contributed by atoms with Gasteiger partial charge in [0.1, 0.15) is 0 Å². The van der Waals surface area contributed by atoms with Crippen molar-refractivity contribution in [2.75, 3.05) is 0 Å². The number of carbonyl (C=O) groups is 1. The van der Waals surface area contributed by atoms with E-state index in [0.717, 1.165) is 12.8 Å². The predicted octanol–water partition coefficient (Wildman–Crippen LogP) is 3.10. The number of alkyl halides is 1. The number of hydrogen-bond acceptors (Lipinski definition) is 1. The molecule has 0 aromatic carbocycles. The van der Waals surface area contributed by atoms with Crippen LogP contribution in [0.5, 0.6) is 0 Å². The molecule has 2 bridgehead atoms. The first-order valence-corrected chi connectivity index (χ1v) is 7.07. The van der Waals surface area contributed by atoms with Crippen LogP contribution in [-0.2, 0) is 4.79 Å². The molecule has 0 radical (unpaired) electrons. The van der Waals surface area contributed by atoms with E-state index in [2.05, 4.69) is 42.0 Å². The monoisotopic (exact) mass is 287 g/mol. The third kappa shape index (κ3) is 1.06. The first-order valence-electron chi connectivity index (χ1n) is 6.15.